The van der Waals surface area contributed by atoms with Crippen LogP contribution in [0.4, 0.5) is 8.78 Å². The van der Waals surface area contributed by atoms with Gasteiger partial charge in [0.2, 0.25) is 0 Å². The standard InChI is InChI=1S/C8H8F2N2O4/c1-2-16-8(15)6(12-11)4(7(9)10)3-5(13)14/h3,7H,2H2,1H3,(H,13,14)/b4-3+. The van der Waals surface area contributed by atoms with Gasteiger partial charge in [0.1, 0.15) is 5.57 Å². The third kappa shape index (κ3) is 3.97. The molecule has 0 saturated heterocycles. The second kappa shape index (κ2) is 6.41. The molecule has 0 fully saturated rings. The van der Waals surface area contributed by atoms with Crippen molar-refractivity contribution in [2.24, 2.45) is 0 Å². The first kappa shape index (κ1) is 13.9. The fourth-order valence-corrected chi connectivity index (χ4v) is 0.784. The molecule has 0 aromatic rings. The Morgan fingerprint density at radius 2 is 2.12 bits per heavy atom. The minimum absolute atomic E-state index is 0.0800. The summed E-state index contributed by atoms with van der Waals surface area (Å²) >= 11 is 0. The lowest BCUT2D eigenvalue weighted by Gasteiger charge is -2.00. The zero-order valence-electron chi connectivity index (χ0n) is 8.18. The average Bonchev–Trinajstić information content (AvgIpc) is 2.17. The number of carboxylic acids is 1. The molecule has 8 heteroatoms. The van der Waals surface area contributed by atoms with E-state index >= 15 is 0 Å². The van der Waals surface area contributed by atoms with Crippen LogP contribution in [0.15, 0.2) is 11.6 Å². The number of hydrogen-bond donors (Lipinski definition) is 1. The largest absolute Gasteiger partial charge is 0.478 e. The minimum Gasteiger partial charge on any atom is -0.478 e. The highest BCUT2D eigenvalue weighted by Gasteiger charge is 2.33. The summed E-state index contributed by atoms with van der Waals surface area (Å²) in [5.74, 6) is -3.02. The highest BCUT2D eigenvalue weighted by Crippen LogP contribution is 2.10. The Hall–Kier alpha value is -2.08. The van der Waals surface area contributed by atoms with Crippen molar-refractivity contribution in [1.82, 2.24) is 0 Å². The molecule has 0 amide bonds. The normalized spacial score (nSPS) is 10.9. The van der Waals surface area contributed by atoms with Gasteiger partial charge in [-0.15, -0.1) is 0 Å². The van der Waals surface area contributed by atoms with Crippen molar-refractivity contribution < 1.29 is 33.0 Å². The van der Waals surface area contributed by atoms with E-state index < -0.39 is 29.6 Å². The second-order valence-electron chi connectivity index (χ2n) is 2.41. The number of rotatable bonds is 5. The summed E-state index contributed by atoms with van der Waals surface area (Å²) in [7, 11) is 0. The lowest BCUT2D eigenvalue weighted by Crippen LogP contribution is -2.25. The number of esters is 1. The Labute approximate surface area is 88.7 Å². The second-order valence-corrected chi connectivity index (χ2v) is 2.41. The summed E-state index contributed by atoms with van der Waals surface area (Å²) in [5, 5.41) is 8.29. The topological polar surface area (TPSA) is 100 Å². The number of alkyl halides is 2. The zero-order valence-corrected chi connectivity index (χ0v) is 8.18. The molecule has 0 unspecified atom stereocenters. The van der Waals surface area contributed by atoms with Gasteiger partial charge in [-0.3, -0.25) is 0 Å². The number of ether oxygens (including phenoxy) is 1. The smallest absolute Gasteiger partial charge is 0.422 e. The van der Waals surface area contributed by atoms with Crippen molar-refractivity contribution in [2.45, 2.75) is 13.3 Å². The molecule has 0 rings (SSSR count). The van der Waals surface area contributed by atoms with E-state index in [-0.39, 0.29) is 12.7 Å². The Balaban J connectivity index is 5.27. The van der Waals surface area contributed by atoms with Crippen LogP contribution >= 0.6 is 0 Å². The van der Waals surface area contributed by atoms with Crippen molar-refractivity contribution in [3.63, 3.8) is 0 Å². The minimum atomic E-state index is -3.27. The molecular weight excluding hydrogens is 226 g/mol. The summed E-state index contributed by atoms with van der Waals surface area (Å²) < 4.78 is 29.0. The summed E-state index contributed by atoms with van der Waals surface area (Å²) in [6.07, 6.45) is -3.19. The van der Waals surface area contributed by atoms with Gasteiger partial charge in [0, 0.05) is 6.08 Å². The molecule has 0 aliphatic heterocycles. The zero-order chi connectivity index (χ0) is 12.7. The van der Waals surface area contributed by atoms with Gasteiger partial charge in [-0.05, 0) is 6.92 Å². The Morgan fingerprint density at radius 3 is 2.44 bits per heavy atom. The third-order valence-corrected chi connectivity index (χ3v) is 1.36. The van der Waals surface area contributed by atoms with E-state index in [1.165, 1.54) is 6.92 Å². The molecule has 0 bridgehead atoms. The molecule has 88 valence electrons. The fraction of sp³-hybridized carbons (Fsp3) is 0.375. The molecule has 0 heterocycles. The van der Waals surface area contributed by atoms with Crippen molar-refractivity contribution in [2.75, 3.05) is 6.61 Å². The number of carboxylic acid groups (broad SMARTS) is 1. The quantitative estimate of drug-likeness (QED) is 0.246. The lowest BCUT2D eigenvalue weighted by molar-refractivity contribution is -0.139. The molecule has 0 radical (unpaired) electrons. The first-order valence-electron chi connectivity index (χ1n) is 4.06. The number of halogens is 2. The summed E-state index contributed by atoms with van der Waals surface area (Å²) in [6, 6.07) is 0. The maximum Gasteiger partial charge on any atom is 0.422 e. The third-order valence-electron chi connectivity index (χ3n) is 1.36. The monoisotopic (exact) mass is 234 g/mol. The number of hydrogen-bond acceptors (Lipinski definition) is 3. The van der Waals surface area contributed by atoms with Crippen LogP contribution in [0.3, 0.4) is 0 Å². The first-order valence-corrected chi connectivity index (χ1v) is 4.06. The van der Waals surface area contributed by atoms with Crippen LogP contribution < -0.4 is 0 Å². The number of carbonyl (C=O) groups excluding carboxylic acids is 1. The molecular formula is C8H8F2N2O4. The number of aliphatic carboxylic acids is 1. The van der Waals surface area contributed by atoms with Crippen LogP contribution in [0.2, 0.25) is 0 Å². The molecule has 0 aromatic carbocycles. The predicted octanol–water partition coefficient (Wildman–Crippen LogP) is 0.496. The van der Waals surface area contributed by atoms with E-state index in [4.69, 9.17) is 10.6 Å². The van der Waals surface area contributed by atoms with Gasteiger partial charge in [0.05, 0.1) is 6.61 Å². The van der Waals surface area contributed by atoms with E-state index in [9.17, 15) is 18.4 Å². The van der Waals surface area contributed by atoms with Gasteiger partial charge in [-0.1, -0.05) is 0 Å². The fourth-order valence-electron chi connectivity index (χ4n) is 0.784. The van der Waals surface area contributed by atoms with Crippen molar-refractivity contribution in [1.29, 1.82) is 0 Å². The number of nitrogens with zero attached hydrogens (tertiary/aromatic N) is 2. The van der Waals surface area contributed by atoms with Gasteiger partial charge in [-0.2, -0.15) is 4.79 Å². The number of carbonyl (C=O) groups is 2. The molecule has 16 heavy (non-hydrogen) atoms. The van der Waals surface area contributed by atoms with Crippen LogP contribution in [-0.2, 0) is 14.3 Å². The molecule has 0 aromatic heterocycles. The average molecular weight is 234 g/mol. The molecule has 0 saturated carbocycles. The van der Waals surface area contributed by atoms with Crippen molar-refractivity contribution in [3.05, 3.63) is 17.2 Å². The van der Waals surface area contributed by atoms with E-state index in [1.54, 1.807) is 0 Å². The predicted molar refractivity (Wildman–Crippen MR) is 47.0 cm³/mol. The molecule has 0 atom stereocenters. The Bertz CT molecular complexity index is 372. The van der Waals surface area contributed by atoms with Crippen LogP contribution in [0.25, 0.3) is 5.53 Å². The van der Waals surface area contributed by atoms with Crippen molar-refractivity contribution >= 4 is 17.7 Å². The highest BCUT2D eigenvalue weighted by molar-refractivity contribution is 6.41. The van der Waals surface area contributed by atoms with Crippen LogP contribution in [0.5, 0.6) is 0 Å². The van der Waals surface area contributed by atoms with Crippen molar-refractivity contribution in [3.8, 4) is 0 Å². The summed E-state index contributed by atoms with van der Waals surface area (Å²) in [6.45, 7) is 1.29. The van der Waals surface area contributed by atoms with E-state index in [0.717, 1.165) is 0 Å². The molecule has 0 aliphatic rings. The first-order chi connectivity index (χ1) is 7.43. The SMILES string of the molecule is CCOC(=O)C(=[N+]=[N-])/C(=C\C(=O)O)C(F)F. The Kier molecular flexibility index (Phi) is 5.58. The van der Waals surface area contributed by atoms with Gasteiger partial charge in [0.15, 0.2) is 0 Å². The molecule has 1 N–H and O–H groups in total. The lowest BCUT2D eigenvalue weighted by atomic mass is 10.1. The maximum atomic E-state index is 12.4. The molecule has 0 aliphatic carbocycles. The molecule has 0 spiro atoms. The van der Waals surface area contributed by atoms with Crippen LogP contribution in [0, 0.1) is 0 Å². The van der Waals surface area contributed by atoms with Crippen LogP contribution in [0.1, 0.15) is 6.92 Å². The van der Waals surface area contributed by atoms with E-state index in [0.29, 0.717) is 0 Å². The van der Waals surface area contributed by atoms with Gasteiger partial charge in [-0.25, -0.2) is 18.4 Å². The van der Waals surface area contributed by atoms with E-state index in [1.807, 2.05) is 0 Å². The molecule has 6 nitrogen and oxygen atoms in total. The van der Waals surface area contributed by atoms with E-state index in [2.05, 4.69) is 9.53 Å². The summed E-state index contributed by atoms with van der Waals surface area (Å²) in [5.41, 5.74) is 6.04. The highest BCUT2D eigenvalue weighted by atomic mass is 19.3. The van der Waals surface area contributed by atoms with Crippen LogP contribution in [-0.4, -0.2) is 40.6 Å². The van der Waals surface area contributed by atoms with Gasteiger partial charge < -0.3 is 15.4 Å². The maximum absolute atomic E-state index is 12.4. The van der Waals surface area contributed by atoms with Gasteiger partial charge >= 0.3 is 17.7 Å². The summed E-state index contributed by atoms with van der Waals surface area (Å²) in [4.78, 5) is 23.5. The van der Waals surface area contributed by atoms with Gasteiger partial charge in [0.25, 0.3) is 6.43 Å². The Morgan fingerprint density at radius 1 is 1.56 bits per heavy atom.